The minimum Gasteiger partial charge on any atom is -0.351 e. The van der Waals surface area contributed by atoms with E-state index in [4.69, 9.17) is 23.8 Å². The first-order valence-electron chi connectivity index (χ1n) is 11.3. The number of alkyl halides is 3. The Morgan fingerprint density at radius 2 is 1.67 bits per heavy atom. The number of anilines is 1. The fourth-order valence-corrected chi connectivity index (χ4v) is 5.39. The average molecular weight is 527 g/mol. The quantitative estimate of drug-likeness (QED) is 0.282. The molecule has 0 spiro atoms. The molecule has 1 saturated heterocycles. The van der Waals surface area contributed by atoms with Gasteiger partial charge in [0.15, 0.2) is 5.11 Å². The summed E-state index contributed by atoms with van der Waals surface area (Å²) < 4.78 is 43.3. The Kier molecular flexibility index (Phi) is 6.26. The summed E-state index contributed by atoms with van der Waals surface area (Å²) in [5, 5.41) is 4.48. The van der Waals surface area contributed by atoms with Crippen molar-refractivity contribution >= 4 is 34.6 Å². The van der Waals surface area contributed by atoms with Crippen LogP contribution in [0.2, 0.25) is 5.02 Å². The van der Waals surface area contributed by atoms with E-state index in [9.17, 15) is 13.2 Å². The van der Waals surface area contributed by atoms with Crippen molar-refractivity contribution in [3.8, 4) is 5.69 Å². The zero-order chi connectivity index (χ0) is 25.6. The Morgan fingerprint density at radius 3 is 2.33 bits per heavy atom. The SMILES string of the molecule is Cc1cc([C@@H]2[C@H](c3ccccn3)NC(=S)N2c2ccc(Cl)cc2)c(C)n1-c1ccccc1C(F)(F)F. The first-order valence-corrected chi connectivity index (χ1v) is 12.1. The number of nitrogens with zero attached hydrogens (tertiary/aromatic N) is 3. The van der Waals surface area contributed by atoms with Crippen LogP contribution < -0.4 is 10.2 Å². The summed E-state index contributed by atoms with van der Waals surface area (Å²) in [6, 6.07) is 19.9. The Labute approximate surface area is 217 Å². The van der Waals surface area contributed by atoms with Crippen LogP contribution in [0, 0.1) is 13.8 Å². The maximum atomic E-state index is 13.9. The van der Waals surface area contributed by atoms with E-state index < -0.39 is 11.7 Å². The highest BCUT2D eigenvalue weighted by Crippen LogP contribution is 2.44. The summed E-state index contributed by atoms with van der Waals surface area (Å²) in [5.41, 5.74) is 3.24. The first-order chi connectivity index (χ1) is 17.2. The molecule has 4 aromatic rings. The van der Waals surface area contributed by atoms with E-state index >= 15 is 0 Å². The third kappa shape index (κ3) is 4.24. The molecule has 2 aromatic carbocycles. The lowest BCUT2D eigenvalue weighted by molar-refractivity contribution is -0.137. The molecule has 0 aliphatic carbocycles. The number of halogens is 4. The number of para-hydroxylation sites is 1. The van der Waals surface area contributed by atoms with Crippen molar-refractivity contribution in [2.75, 3.05) is 4.90 Å². The molecule has 0 radical (unpaired) electrons. The second kappa shape index (κ2) is 9.26. The molecule has 0 bridgehead atoms. The Morgan fingerprint density at radius 1 is 0.972 bits per heavy atom. The van der Waals surface area contributed by atoms with E-state index in [-0.39, 0.29) is 17.8 Å². The van der Waals surface area contributed by atoms with Gasteiger partial charge in [-0.2, -0.15) is 13.2 Å². The van der Waals surface area contributed by atoms with E-state index in [1.54, 1.807) is 29.0 Å². The van der Waals surface area contributed by atoms with Gasteiger partial charge in [0, 0.05) is 28.3 Å². The van der Waals surface area contributed by atoms with E-state index in [0.29, 0.717) is 21.5 Å². The summed E-state index contributed by atoms with van der Waals surface area (Å²) in [5.74, 6) is 0. The zero-order valence-corrected chi connectivity index (χ0v) is 21.0. The van der Waals surface area contributed by atoms with E-state index in [0.717, 1.165) is 23.0 Å². The number of aromatic nitrogens is 2. The van der Waals surface area contributed by atoms with Crippen LogP contribution in [-0.2, 0) is 6.18 Å². The molecule has 1 N–H and O–H groups in total. The fourth-order valence-electron chi connectivity index (χ4n) is 4.92. The Balaban J connectivity index is 1.70. The molecule has 9 heteroatoms. The van der Waals surface area contributed by atoms with Crippen molar-refractivity contribution in [3.05, 3.63) is 112 Å². The summed E-state index contributed by atoms with van der Waals surface area (Å²) in [4.78, 5) is 6.53. The van der Waals surface area contributed by atoms with E-state index in [2.05, 4.69) is 10.3 Å². The Bertz CT molecular complexity index is 1420. The lowest BCUT2D eigenvalue weighted by atomic mass is 9.96. The van der Waals surface area contributed by atoms with Gasteiger partial charge >= 0.3 is 6.18 Å². The zero-order valence-electron chi connectivity index (χ0n) is 19.4. The molecule has 3 heterocycles. The van der Waals surface area contributed by atoms with Gasteiger partial charge in [0.25, 0.3) is 0 Å². The summed E-state index contributed by atoms with van der Waals surface area (Å²) >= 11 is 11.9. The Hall–Kier alpha value is -3.36. The number of benzene rings is 2. The fraction of sp³-hybridized carbons (Fsp3) is 0.185. The van der Waals surface area contributed by atoms with Crippen LogP contribution >= 0.6 is 23.8 Å². The minimum absolute atomic E-state index is 0.0900. The average Bonchev–Trinajstić information content (AvgIpc) is 3.34. The minimum atomic E-state index is -4.48. The van der Waals surface area contributed by atoms with Crippen LogP contribution in [0.1, 0.15) is 40.3 Å². The van der Waals surface area contributed by atoms with Gasteiger partial charge in [0.1, 0.15) is 0 Å². The predicted molar refractivity (Wildman–Crippen MR) is 140 cm³/mol. The maximum Gasteiger partial charge on any atom is 0.418 e. The van der Waals surface area contributed by atoms with Gasteiger partial charge in [-0.25, -0.2) is 0 Å². The largest absolute Gasteiger partial charge is 0.418 e. The topological polar surface area (TPSA) is 33.1 Å². The van der Waals surface area contributed by atoms with Crippen LogP contribution in [0.5, 0.6) is 0 Å². The molecule has 0 unspecified atom stereocenters. The molecule has 5 rings (SSSR count). The monoisotopic (exact) mass is 526 g/mol. The number of thiocarbonyl (C=S) groups is 1. The highest BCUT2D eigenvalue weighted by molar-refractivity contribution is 7.80. The molecule has 1 aliphatic rings. The van der Waals surface area contributed by atoms with E-state index in [1.807, 2.05) is 55.1 Å². The molecular weight excluding hydrogens is 505 g/mol. The highest BCUT2D eigenvalue weighted by atomic mass is 35.5. The van der Waals surface area contributed by atoms with Crippen molar-refractivity contribution in [1.82, 2.24) is 14.9 Å². The summed E-state index contributed by atoms with van der Waals surface area (Å²) in [7, 11) is 0. The molecule has 1 fully saturated rings. The second-order valence-electron chi connectivity index (χ2n) is 8.65. The summed E-state index contributed by atoms with van der Waals surface area (Å²) in [6.07, 6.45) is -2.77. The highest BCUT2D eigenvalue weighted by Gasteiger charge is 2.43. The van der Waals surface area contributed by atoms with Crippen molar-refractivity contribution in [2.45, 2.75) is 32.1 Å². The van der Waals surface area contributed by atoms with Gasteiger partial charge in [-0.1, -0.05) is 29.8 Å². The van der Waals surface area contributed by atoms with Gasteiger partial charge in [0.05, 0.1) is 29.0 Å². The molecular formula is C27H22ClF3N4S. The van der Waals surface area contributed by atoms with Gasteiger partial charge in [-0.3, -0.25) is 4.98 Å². The normalized spacial score (nSPS) is 17.9. The molecule has 4 nitrogen and oxygen atoms in total. The molecule has 2 aromatic heterocycles. The van der Waals surface area contributed by atoms with Crippen LogP contribution in [0.4, 0.5) is 18.9 Å². The lowest BCUT2D eigenvalue weighted by Gasteiger charge is -2.28. The smallest absolute Gasteiger partial charge is 0.351 e. The standard InChI is InChI=1S/C27H22ClF3N4S/c1-16-15-20(17(2)34(16)23-9-4-3-7-21(23)27(29,30)31)25-24(22-8-5-6-14-32-22)33-26(36)35(25)19-12-10-18(28)11-13-19/h3-15,24-25H,1-2H3,(H,33,36)/t24-,25+/m0/s1. The lowest BCUT2D eigenvalue weighted by Crippen LogP contribution is -2.29. The molecule has 36 heavy (non-hydrogen) atoms. The van der Waals surface area contributed by atoms with Gasteiger partial charge in [-0.15, -0.1) is 0 Å². The van der Waals surface area contributed by atoms with Crippen LogP contribution in [0.15, 0.2) is 79.0 Å². The van der Waals surface area contributed by atoms with Crippen molar-refractivity contribution in [2.24, 2.45) is 0 Å². The maximum absolute atomic E-state index is 13.9. The van der Waals surface area contributed by atoms with Gasteiger partial charge in [-0.05, 0) is 86.2 Å². The molecule has 1 aliphatic heterocycles. The van der Waals surface area contributed by atoms with Gasteiger partial charge in [0.2, 0.25) is 0 Å². The second-order valence-corrected chi connectivity index (χ2v) is 9.47. The summed E-state index contributed by atoms with van der Waals surface area (Å²) in [6.45, 7) is 3.65. The van der Waals surface area contributed by atoms with Crippen LogP contribution in [-0.4, -0.2) is 14.7 Å². The molecule has 184 valence electrons. The van der Waals surface area contributed by atoms with Crippen molar-refractivity contribution in [1.29, 1.82) is 0 Å². The number of rotatable bonds is 4. The number of hydrogen-bond acceptors (Lipinski definition) is 2. The van der Waals surface area contributed by atoms with Crippen molar-refractivity contribution < 1.29 is 13.2 Å². The number of hydrogen-bond donors (Lipinski definition) is 1. The van der Waals surface area contributed by atoms with Gasteiger partial charge < -0.3 is 14.8 Å². The van der Waals surface area contributed by atoms with E-state index in [1.165, 1.54) is 12.1 Å². The number of nitrogens with one attached hydrogen (secondary N) is 1. The number of aryl methyl sites for hydroxylation is 1. The third-order valence-electron chi connectivity index (χ3n) is 6.44. The molecule has 2 atom stereocenters. The molecule has 0 amide bonds. The first kappa shape index (κ1) is 24.3. The van der Waals surface area contributed by atoms with Crippen LogP contribution in [0.25, 0.3) is 5.69 Å². The van der Waals surface area contributed by atoms with Crippen molar-refractivity contribution in [3.63, 3.8) is 0 Å². The molecule has 0 saturated carbocycles. The predicted octanol–water partition coefficient (Wildman–Crippen LogP) is 7.34. The number of pyridine rings is 1. The third-order valence-corrected chi connectivity index (χ3v) is 7.01. The van der Waals surface area contributed by atoms with Crippen LogP contribution in [0.3, 0.4) is 0 Å².